The SMILES string of the molecule is COc1ccc(OC(C)C)c(-c2ccc(C(=O)O)c(COc3cccc(Br)c3)n2)c1. The minimum Gasteiger partial charge on any atom is -0.497 e. The summed E-state index contributed by atoms with van der Waals surface area (Å²) in [4.78, 5) is 16.3. The van der Waals surface area contributed by atoms with Crippen LogP contribution in [0.2, 0.25) is 0 Å². The number of ether oxygens (including phenoxy) is 3. The van der Waals surface area contributed by atoms with Crippen LogP contribution in [0.15, 0.2) is 59.1 Å². The van der Waals surface area contributed by atoms with Gasteiger partial charge >= 0.3 is 5.97 Å². The molecule has 0 bridgehead atoms. The van der Waals surface area contributed by atoms with Gasteiger partial charge < -0.3 is 19.3 Å². The van der Waals surface area contributed by atoms with Crippen molar-refractivity contribution in [3.63, 3.8) is 0 Å². The quantitative estimate of drug-likeness (QED) is 0.461. The number of nitrogens with zero attached hydrogens (tertiary/aromatic N) is 1. The lowest BCUT2D eigenvalue weighted by Crippen LogP contribution is -2.10. The van der Waals surface area contributed by atoms with E-state index >= 15 is 0 Å². The highest BCUT2D eigenvalue weighted by Gasteiger charge is 2.17. The van der Waals surface area contributed by atoms with Crippen LogP contribution in [0.1, 0.15) is 29.9 Å². The van der Waals surface area contributed by atoms with Crippen molar-refractivity contribution in [1.82, 2.24) is 4.98 Å². The van der Waals surface area contributed by atoms with Gasteiger partial charge in [-0.3, -0.25) is 0 Å². The monoisotopic (exact) mass is 471 g/mol. The predicted octanol–water partition coefficient (Wildman–Crippen LogP) is 5.58. The predicted molar refractivity (Wildman–Crippen MR) is 117 cm³/mol. The lowest BCUT2D eigenvalue weighted by Gasteiger charge is -2.16. The van der Waals surface area contributed by atoms with E-state index in [-0.39, 0.29) is 18.3 Å². The topological polar surface area (TPSA) is 77.9 Å². The lowest BCUT2D eigenvalue weighted by molar-refractivity contribution is 0.0693. The van der Waals surface area contributed by atoms with Crippen LogP contribution in [-0.4, -0.2) is 29.3 Å². The molecule has 0 saturated carbocycles. The van der Waals surface area contributed by atoms with E-state index in [4.69, 9.17) is 14.2 Å². The van der Waals surface area contributed by atoms with Crippen LogP contribution in [-0.2, 0) is 6.61 Å². The van der Waals surface area contributed by atoms with Crippen molar-refractivity contribution >= 4 is 21.9 Å². The van der Waals surface area contributed by atoms with Crippen molar-refractivity contribution in [2.24, 2.45) is 0 Å². The Labute approximate surface area is 183 Å². The Balaban J connectivity index is 2.00. The number of halogens is 1. The molecule has 0 radical (unpaired) electrons. The molecule has 6 nitrogen and oxygen atoms in total. The van der Waals surface area contributed by atoms with Crippen molar-refractivity contribution in [2.75, 3.05) is 7.11 Å². The van der Waals surface area contributed by atoms with Gasteiger partial charge in [-0.25, -0.2) is 9.78 Å². The normalized spacial score (nSPS) is 10.7. The molecular weight excluding hydrogens is 450 g/mol. The first-order chi connectivity index (χ1) is 14.4. The third kappa shape index (κ3) is 5.30. The summed E-state index contributed by atoms with van der Waals surface area (Å²) in [6.07, 6.45) is -0.0326. The molecule has 2 aromatic carbocycles. The molecule has 7 heteroatoms. The molecule has 0 atom stereocenters. The number of aromatic carboxylic acids is 1. The number of pyridine rings is 1. The fourth-order valence-corrected chi connectivity index (χ4v) is 3.24. The first kappa shape index (κ1) is 21.6. The molecule has 30 heavy (non-hydrogen) atoms. The van der Waals surface area contributed by atoms with Gasteiger partial charge in [-0.1, -0.05) is 22.0 Å². The van der Waals surface area contributed by atoms with E-state index in [0.29, 0.717) is 34.2 Å². The molecule has 0 unspecified atom stereocenters. The van der Waals surface area contributed by atoms with Crippen molar-refractivity contribution in [3.05, 3.63) is 70.3 Å². The third-order valence-corrected chi connectivity index (χ3v) is 4.69. The van der Waals surface area contributed by atoms with E-state index in [9.17, 15) is 9.90 Å². The van der Waals surface area contributed by atoms with E-state index < -0.39 is 5.97 Å². The van der Waals surface area contributed by atoms with Gasteiger partial charge in [0, 0.05) is 10.0 Å². The Hall–Kier alpha value is -3.06. The molecule has 1 aromatic heterocycles. The molecule has 156 valence electrons. The minimum atomic E-state index is -1.06. The number of rotatable bonds is 8. The Morgan fingerprint density at radius 1 is 1.10 bits per heavy atom. The number of methoxy groups -OCH3 is 1. The molecule has 0 amide bonds. The maximum Gasteiger partial charge on any atom is 0.337 e. The van der Waals surface area contributed by atoms with Crippen molar-refractivity contribution in [3.8, 4) is 28.5 Å². The second-order valence-corrected chi connectivity index (χ2v) is 7.69. The van der Waals surface area contributed by atoms with Gasteiger partial charge in [0.05, 0.1) is 30.2 Å². The van der Waals surface area contributed by atoms with Gasteiger partial charge in [0.1, 0.15) is 23.9 Å². The van der Waals surface area contributed by atoms with Crippen molar-refractivity contribution < 1.29 is 24.1 Å². The zero-order valence-electron chi connectivity index (χ0n) is 16.9. The lowest BCUT2D eigenvalue weighted by atomic mass is 10.1. The van der Waals surface area contributed by atoms with Crippen LogP contribution in [0.4, 0.5) is 0 Å². The summed E-state index contributed by atoms with van der Waals surface area (Å²) < 4.78 is 17.9. The maximum atomic E-state index is 11.7. The van der Waals surface area contributed by atoms with E-state index in [2.05, 4.69) is 20.9 Å². The second-order valence-electron chi connectivity index (χ2n) is 6.77. The van der Waals surface area contributed by atoms with Crippen LogP contribution in [0.3, 0.4) is 0 Å². The third-order valence-electron chi connectivity index (χ3n) is 4.20. The Bertz CT molecular complexity index is 1050. The summed E-state index contributed by atoms with van der Waals surface area (Å²) in [6.45, 7) is 3.88. The molecule has 3 aromatic rings. The Kier molecular flexibility index (Phi) is 6.95. The molecule has 0 spiro atoms. The summed E-state index contributed by atoms with van der Waals surface area (Å²) >= 11 is 3.39. The van der Waals surface area contributed by atoms with Gasteiger partial charge in [-0.2, -0.15) is 0 Å². The van der Waals surface area contributed by atoms with E-state index in [1.54, 1.807) is 25.3 Å². The molecule has 0 aliphatic carbocycles. The average molecular weight is 472 g/mol. The van der Waals surface area contributed by atoms with Gasteiger partial charge in [-0.05, 0) is 62.4 Å². The standard InChI is InChI=1S/C23H22BrNO5/c1-14(2)30-22-10-7-16(28-3)12-19(22)20-9-8-18(23(26)27)21(25-20)13-29-17-6-4-5-15(24)11-17/h4-12,14H,13H2,1-3H3,(H,26,27). The summed E-state index contributed by atoms with van der Waals surface area (Å²) in [6, 6.07) is 16.0. The van der Waals surface area contributed by atoms with Gasteiger partial charge in [-0.15, -0.1) is 0 Å². The highest BCUT2D eigenvalue weighted by Crippen LogP contribution is 2.34. The number of benzene rings is 2. The second kappa shape index (κ2) is 9.63. The fraction of sp³-hybridized carbons (Fsp3) is 0.217. The fourth-order valence-electron chi connectivity index (χ4n) is 2.86. The van der Waals surface area contributed by atoms with Crippen molar-refractivity contribution in [1.29, 1.82) is 0 Å². The van der Waals surface area contributed by atoms with Crippen LogP contribution in [0.25, 0.3) is 11.3 Å². The smallest absolute Gasteiger partial charge is 0.337 e. The molecule has 3 rings (SSSR count). The largest absolute Gasteiger partial charge is 0.497 e. The Morgan fingerprint density at radius 2 is 1.90 bits per heavy atom. The van der Waals surface area contributed by atoms with Gasteiger partial charge in [0.2, 0.25) is 0 Å². The number of hydrogen-bond donors (Lipinski definition) is 1. The summed E-state index contributed by atoms with van der Waals surface area (Å²) in [7, 11) is 1.58. The first-order valence-corrected chi connectivity index (χ1v) is 10.1. The zero-order chi connectivity index (χ0) is 21.7. The molecular formula is C23H22BrNO5. The molecule has 0 aliphatic rings. The highest BCUT2D eigenvalue weighted by atomic mass is 79.9. The summed E-state index contributed by atoms with van der Waals surface area (Å²) in [5, 5.41) is 9.58. The van der Waals surface area contributed by atoms with E-state index in [1.807, 2.05) is 44.2 Å². The highest BCUT2D eigenvalue weighted by molar-refractivity contribution is 9.10. The number of carboxylic acids is 1. The number of aromatic nitrogens is 1. The van der Waals surface area contributed by atoms with Crippen molar-refractivity contribution in [2.45, 2.75) is 26.6 Å². The molecule has 0 fully saturated rings. The number of carbonyl (C=O) groups is 1. The molecule has 0 aliphatic heterocycles. The average Bonchev–Trinajstić information content (AvgIpc) is 2.72. The molecule has 1 heterocycles. The van der Waals surface area contributed by atoms with Crippen LogP contribution in [0.5, 0.6) is 17.2 Å². The van der Waals surface area contributed by atoms with Crippen LogP contribution in [0, 0.1) is 0 Å². The molecule has 0 saturated heterocycles. The number of hydrogen-bond acceptors (Lipinski definition) is 5. The van der Waals surface area contributed by atoms with Gasteiger partial charge in [0.15, 0.2) is 0 Å². The maximum absolute atomic E-state index is 11.7. The van der Waals surface area contributed by atoms with E-state index in [0.717, 1.165) is 4.47 Å². The van der Waals surface area contributed by atoms with Gasteiger partial charge in [0.25, 0.3) is 0 Å². The van der Waals surface area contributed by atoms with E-state index in [1.165, 1.54) is 6.07 Å². The van der Waals surface area contributed by atoms with Crippen LogP contribution < -0.4 is 14.2 Å². The van der Waals surface area contributed by atoms with Crippen LogP contribution >= 0.6 is 15.9 Å². The minimum absolute atomic E-state index is 0.0102. The summed E-state index contributed by atoms with van der Waals surface area (Å²) in [5.41, 5.74) is 1.69. The first-order valence-electron chi connectivity index (χ1n) is 9.34. The zero-order valence-corrected chi connectivity index (χ0v) is 18.5. The molecule has 1 N–H and O–H groups in total. The Morgan fingerprint density at radius 3 is 2.57 bits per heavy atom. The number of carboxylic acid groups (broad SMARTS) is 1. The summed E-state index contributed by atoms with van der Waals surface area (Å²) in [5.74, 6) is 0.835.